The highest BCUT2D eigenvalue weighted by Gasteiger charge is 1.99. The van der Waals surface area contributed by atoms with E-state index in [0.717, 1.165) is 8.58 Å². The van der Waals surface area contributed by atoms with Crippen LogP contribution in [0, 0.1) is 13.8 Å². The summed E-state index contributed by atoms with van der Waals surface area (Å²) in [6, 6.07) is 17.3. The van der Waals surface area contributed by atoms with Crippen molar-refractivity contribution in [3.05, 3.63) is 59.7 Å². The molecule has 2 aromatic rings. The molecule has 0 nitrogen and oxygen atoms in total. The predicted molar refractivity (Wildman–Crippen MR) is 69.9 cm³/mol. The minimum Gasteiger partial charge on any atom is -0.0622 e. The van der Waals surface area contributed by atoms with Crippen molar-refractivity contribution in [1.29, 1.82) is 0 Å². The molecule has 76 valence electrons. The maximum absolute atomic E-state index is 2.29. The van der Waals surface area contributed by atoms with Crippen molar-refractivity contribution in [2.75, 3.05) is 0 Å². The summed E-state index contributed by atoms with van der Waals surface area (Å²) in [5.41, 5.74) is 2.74. The van der Waals surface area contributed by atoms with E-state index in [1.54, 1.807) is 0 Å². The topological polar surface area (TPSA) is 0 Å². The van der Waals surface area contributed by atoms with Crippen LogP contribution < -0.4 is 10.6 Å². The summed E-state index contributed by atoms with van der Waals surface area (Å²) in [6.45, 7) is 4.34. The first kappa shape index (κ1) is 10.4. The van der Waals surface area contributed by atoms with Gasteiger partial charge in [-0.05, 0) is 30.0 Å². The molecule has 1 atom stereocenters. The van der Waals surface area contributed by atoms with Gasteiger partial charge in [-0.3, -0.25) is 0 Å². The molecule has 2 aromatic carbocycles. The van der Waals surface area contributed by atoms with Gasteiger partial charge in [0.15, 0.2) is 0 Å². The van der Waals surface area contributed by atoms with Crippen LogP contribution >= 0.6 is 8.58 Å². The van der Waals surface area contributed by atoms with Gasteiger partial charge in [0.25, 0.3) is 0 Å². The molecular weight excluding hydrogens is 199 g/mol. The Kier molecular flexibility index (Phi) is 3.18. The third-order valence-corrected chi connectivity index (χ3v) is 3.88. The monoisotopic (exact) mass is 214 g/mol. The minimum atomic E-state index is 0.772. The van der Waals surface area contributed by atoms with Crippen molar-refractivity contribution in [3.8, 4) is 0 Å². The normalized spacial score (nSPS) is 11.1. The highest BCUT2D eigenvalue weighted by Crippen LogP contribution is 2.14. The maximum Gasteiger partial charge on any atom is -0.0195 e. The van der Waals surface area contributed by atoms with Gasteiger partial charge < -0.3 is 0 Å². The van der Waals surface area contributed by atoms with E-state index in [4.69, 9.17) is 0 Å². The second-order valence-corrected chi connectivity index (χ2v) is 5.18. The Hall–Kier alpha value is -1.13. The van der Waals surface area contributed by atoms with Crippen LogP contribution in [0.1, 0.15) is 11.1 Å². The van der Waals surface area contributed by atoms with Crippen molar-refractivity contribution in [2.24, 2.45) is 0 Å². The van der Waals surface area contributed by atoms with Gasteiger partial charge in [-0.2, -0.15) is 0 Å². The molecule has 1 heteroatoms. The lowest BCUT2D eigenvalue weighted by atomic mass is 10.2. The van der Waals surface area contributed by atoms with Crippen LogP contribution in [0.5, 0.6) is 0 Å². The smallest absolute Gasteiger partial charge is 0.0195 e. The van der Waals surface area contributed by atoms with E-state index in [1.807, 2.05) is 0 Å². The number of hydrogen-bond acceptors (Lipinski definition) is 0. The van der Waals surface area contributed by atoms with Crippen LogP contribution in [0.3, 0.4) is 0 Å². The second-order valence-electron chi connectivity index (χ2n) is 3.81. The summed E-state index contributed by atoms with van der Waals surface area (Å²) in [5, 5.41) is 2.87. The van der Waals surface area contributed by atoms with Crippen LogP contribution in [-0.2, 0) is 0 Å². The first-order valence-electron chi connectivity index (χ1n) is 5.15. The van der Waals surface area contributed by atoms with Crippen molar-refractivity contribution < 1.29 is 0 Å². The third kappa shape index (κ3) is 2.67. The zero-order valence-electron chi connectivity index (χ0n) is 9.12. The molecule has 0 saturated carbocycles. The molecule has 0 amide bonds. The lowest BCUT2D eigenvalue weighted by Gasteiger charge is -2.07. The maximum atomic E-state index is 2.29. The Balaban J connectivity index is 2.28. The molecule has 0 aromatic heterocycles. The summed E-state index contributed by atoms with van der Waals surface area (Å²) in [6.07, 6.45) is 0. The van der Waals surface area contributed by atoms with Crippen LogP contribution in [-0.4, -0.2) is 0 Å². The Morgan fingerprint density at radius 2 is 1.60 bits per heavy atom. The highest BCUT2D eigenvalue weighted by molar-refractivity contribution is 7.55. The van der Waals surface area contributed by atoms with Crippen LogP contribution in [0.2, 0.25) is 0 Å². The van der Waals surface area contributed by atoms with E-state index in [0.29, 0.717) is 0 Å². The number of benzene rings is 2. The first-order chi connectivity index (χ1) is 7.25. The van der Waals surface area contributed by atoms with E-state index in [1.165, 1.54) is 21.7 Å². The van der Waals surface area contributed by atoms with Crippen molar-refractivity contribution >= 4 is 19.2 Å². The third-order valence-electron chi connectivity index (χ3n) is 2.45. The summed E-state index contributed by atoms with van der Waals surface area (Å²) in [4.78, 5) is 0. The van der Waals surface area contributed by atoms with Gasteiger partial charge in [0.2, 0.25) is 0 Å². The summed E-state index contributed by atoms with van der Waals surface area (Å²) in [7, 11) is 0.772. The molecule has 0 N–H and O–H groups in total. The lowest BCUT2D eigenvalue weighted by Crippen LogP contribution is -2.06. The molecule has 0 radical (unpaired) electrons. The Bertz CT molecular complexity index is 446. The van der Waals surface area contributed by atoms with Crippen molar-refractivity contribution in [2.45, 2.75) is 13.8 Å². The van der Waals surface area contributed by atoms with Gasteiger partial charge in [-0.25, -0.2) is 0 Å². The average molecular weight is 214 g/mol. The minimum absolute atomic E-state index is 0.772. The van der Waals surface area contributed by atoms with Crippen LogP contribution in [0.15, 0.2) is 48.5 Å². The lowest BCUT2D eigenvalue weighted by molar-refractivity contribution is 1.43. The molecule has 0 aliphatic heterocycles. The van der Waals surface area contributed by atoms with Gasteiger partial charge in [-0.1, -0.05) is 62.7 Å². The number of hydrogen-bond donors (Lipinski definition) is 0. The zero-order valence-corrected chi connectivity index (χ0v) is 10.1. The molecule has 0 saturated heterocycles. The van der Waals surface area contributed by atoms with Crippen molar-refractivity contribution in [1.82, 2.24) is 0 Å². The highest BCUT2D eigenvalue weighted by atomic mass is 31.1. The fourth-order valence-corrected chi connectivity index (χ4v) is 2.80. The van der Waals surface area contributed by atoms with Crippen LogP contribution in [0.4, 0.5) is 0 Å². The number of aryl methyl sites for hydroxylation is 2. The van der Waals surface area contributed by atoms with E-state index in [2.05, 4.69) is 62.4 Å². The summed E-state index contributed by atoms with van der Waals surface area (Å²) in [5.74, 6) is 0. The van der Waals surface area contributed by atoms with Crippen LogP contribution in [0.25, 0.3) is 0 Å². The van der Waals surface area contributed by atoms with E-state index in [-0.39, 0.29) is 0 Å². The number of rotatable bonds is 2. The van der Waals surface area contributed by atoms with E-state index < -0.39 is 0 Å². The molecule has 15 heavy (non-hydrogen) atoms. The molecule has 0 fully saturated rings. The standard InChI is InChI=1S/C14H15P/c1-11-8-9-12(2)14(10-11)15-13-6-4-3-5-7-13/h3-10,15H,1-2H3. The zero-order chi connectivity index (χ0) is 10.7. The molecule has 0 bridgehead atoms. The van der Waals surface area contributed by atoms with Gasteiger partial charge >= 0.3 is 0 Å². The van der Waals surface area contributed by atoms with E-state index >= 15 is 0 Å². The predicted octanol–water partition coefficient (Wildman–Crippen LogP) is 2.93. The molecule has 0 aliphatic rings. The Labute approximate surface area is 93.1 Å². The fourth-order valence-electron chi connectivity index (χ4n) is 1.55. The molecule has 0 aliphatic carbocycles. The fraction of sp³-hybridized carbons (Fsp3) is 0.143. The summed E-state index contributed by atoms with van der Waals surface area (Å²) < 4.78 is 0. The SMILES string of the molecule is Cc1ccc(C)c(Pc2ccccc2)c1. The molecular formula is C14H15P. The molecule has 0 spiro atoms. The Morgan fingerprint density at radius 3 is 2.33 bits per heavy atom. The molecule has 2 rings (SSSR count). The summed E-state index contributed by atoms with van der Waals surface area (Å²) >= 11 is 0. The van der Waals surface area contributed by atoms with Gasteiger partial charge in [0.1, 0.15) is 0 Å². The largest absolute Gasteiger partial charge is 0.0622 e. The Morgan fingerprint density at radius 1 is 0.867 bits per heavy atom. The second kappa shape index (κ2) is 4.59. The van der Waals surface area contributed by atoms with Gasteiger partial charge in [0, 0.05) is 0 Å². The van der Waals surface area contributed by atoms with E-state index in [9.17, 15) is 0 Å². The molecule has 1 unspecified atom stereocenters. The van der Waals surface area contributed by atoms with Gasteiger partial charge in [-0.15, -0.1) is 0 Å². The first-order valence-corrected chi connectivity index (χ1v) is 6.15. The quantitative estimate of drug-likeness (QED) is 0.674. The van der Waals surface area contributed by atoms with Crippen molar-refractivity contribution in [3.63, 3.8) is 0 Å². The molecule has 0 heterocycles. The van der Waals surface area contributed by atoms with Gasteiger partial charge in [0.05, 0.1) is 0 Å². The average Bonchev–Trinajstić information content (AvgIpc) is 2.25.